The number of hydrogen-bond donors (Lipinski definition) is 2. The number of nitrogens with one attached hydrogen (secondary N) is 1. The average molecular weight is 453 g/mol. The fourth-order valence-corrected chi connectivity index (χ4v) is 3.60. The maximum absolute atomic E-state index is 13.2. The van der Waals surface area contributed by atoms with Crippen molar-refractivity contribution in [2.24, 2.45) is 5.92 Å². The van der Waals surface area contributed by atoms with Crippen molar-refractivity contribution in [2.75, 3.05) is 20.7 Å². The van der Waals surface area contributed by atoms with E-state index in [-0.39, 0.29) is 11.9 Å². The molecule has 2 unspecified atom stereocenters. The number of ether oxygens (including phenoxy) is 1. The van der Waals surface area contributed by atoms with Crippen LogP contribution < -0.4 is 5.48 Å². The van der Waals surface area contributed by atoms with Crippen LogP contribution in [-0.2, 0) is 16.1 Å². The van der Waals surface area contributed by atoms with Crippen LogP contribution in [-0.4, -0.2) is 36.7 Å². The molecule has 0 aliphatic carbocycles. The van der Waals surface area contributed by atoms with Crippen molar-refractivity contribution in [3.63, 3.8) is 0 Å². The molecule has 28 heavy (non-hydrogen) atoms. The van der Waals surface area contributed by atoms with Gasteiger partial charge in [0.05, 0.1) is 6.10 Å². The highest BCUT2D eigenvalue weighted by atomic mass is 79.9. The highest BCUT2D eigenvalue weighted by molar-refractivity contribution is 9.10. The second-order valence-corrected chi connectivity index (χ2v) is 7.76. The Balaban J connectivity index is 1.98. The van der Waals surface area contributed by atoms with Gasteiger partial charge in [-0.3, -0.25) is 10.0 Å². The molecule has 0 spiro atoms. The number of hydrogen-bond acceptors (Lipinski definition) is 4. The van der Waals surface area contributed by atoms with E-state index in [4.69, 9.17) is 9.94 Å². The van der Waals surface area contributed by atoms with Gasteiger partial charge in [0.2, 0.25) is 5.91 Å². The molecule has 0 aliphatic heterocycles. The number of rotatable bonds is 10. The number of halogens is 2. The zero-order chi connectivity index (χ0) is 20.5. The van der Waals surface area contributed by atoms with E-state index in [0.29, 0.717) is 19.4 Å². The third-order valence-corrected chi connectivity index (χ3v) is 5.20. The highest BCUT2D eigenvalue weighted by Crippen LogP contribution is 2.27. The van der Waals surface area contributed by atoms with Crippen LogP contribution in [0.4, 0.5) is 4.39 Å². The Morgan fingerprint density at radius 3 is 2.61 bits per heavy atom. The van der Waals surface area contributed by atoms with Gasteiger partial charge < -0.3 is 9.64 Å². The van der Waals surface area contributed by atoms with Gasteiger partial charge in [0.25, 0.3) is 0 Å². The minimum absolute atomic E-state index is 0.322. The lowest BCUT2D eigenvalue weighted by atomic mass is 9.93. The molecule has 5 nitrogen and oxygen atoms in total. The Kier molecular flexibility index (Phi) is 9.05. The maximum Gasteiger partial charge on any atom is 0.246 e. The van der Waals surface area contributed by atoms with E-state index >= 15 is 0 Å². The van der Waals surface area contributed by atoms with E-state index in [9.17, 15) is 9.18 Å². The third kappa shape index (κ3) is 6.98. The fraction of sp³-hybridized carbons (Fsp3) is 0.381. The van der Waals surface area contributed by atoms with E-state index in [1.807, 2.05) is 19.2 Å². The van der Waals surface area contributed by atoms with Crippen molar-refractivity contribution in [1.29, 1.82) is 0 Å². The zero-order valence-corrected chi connectivity index (χ0v) is 17.7. The van der Waals surface area contributed by atoms with E-state index in [2.05, 4.69) is 33.0 Å². The molecule has 2 aromatic rings. The van der Waals surface area contributed by atoms with Gasteiger partial charge >= 0.3 is 0 Å². The number of hydroxylamine groups is 1. The Bertz CT molecular complexity index is 758. The van der Waals surface area contributed by atoms with Crippen LogP contribution in [0.3, 0.4) is 0 Å². The fourth-order valence-electron chi connectivity index (χ4n) is 3.15. The lowest BCUT2D eigenvalue weighted by Crippen LogP contribution is -2.32. The number of methoxy groups -OCH3 is 1. The minimum Gasteiger partial charge on any atom is -0.377 e. The van der Waals surface area contributed by atoms with Crippen LogP contribution in [0.1, 0.15) is 30.1 Å². The number of amides is 1. The van der Waals surface area contributed by atoms with E-state index in [0.717, 1.165) is 16.6 Å². The van der Waals surface area contributed by atoms with Gasteiger partial charge in [0, 0.05) is 24.0 Å². The first-order valence-corrected chi connectivity index (χ1v) is 9.87. The lowest BCUT2D eigenvalue weighted by Gasteiger charge is -2.24. The summed E-state index contributed by atoms with van der Waals surface area (Å²) in [6, 6.07) is 14.1. The van der Waals surface area contributed by atoms with Crippen LogP contribution in [0.15, 0.2) is 53.0 Å². The summed E-state index contributed by atoms with van der Waals surface area (Å²) in [4.78, 5) is 14.3. The van der Waals surface area contributed by atoms with Crippen molar-refractivity contribution in [2.45, 2.75) is 25.5 Å². The Morgan fingerprint density at radius 2 is 2.00 bits per heavy atom. The topological polar surface area (TPSA) is 61.8 Å². The monoisotopic (exact) mass is 452 g/mol. The smallest absolute Gasteiger partial charge is 0.246 e. The van der Waals surface area contributed by atoms with Crippen molar-refractivity contribution >= 4 is 21.8 Å². The number of nitrogens with zero attached hydrogens (tertiary/aromatic N) is 1. The number of carbonyl (C=O) groups is 1. The van der Waals surface area contributed by atoms with Gasteiger partial charge in [-0.15, -0.1) is 0 Å². The molecule has 2 N–H and O–H groups in total. The summed E-state index contributed by atoms with van der Waals surface area (Å²) >= 11 is 3.47. The molecule has 0 heterocycles. The molecule has 7 heteroatoms. The summed E-state index contributed by atoms with van der Waals surface area (Å²) < 4.78 is 19.7. The molecule has 0 aromatic heterocycles. The van der Waals surface area contributed by atoms with Crippen LogP contribution in [0.5, 0.6) is 0 Å². The molecular weight excluding hydrogens is 427 g/mol. The van der Waals surface area contributed by atoms with Crippen LogP contribution >= 0.6 is 15.9 Å². The van der Waals surface area contributed by atoms with Crippen LogP contribution in [0.25, 0.3) is 0 Å². The molecule has 152 valence electrons. The first-order valence-electron chi connectivity index (χ1n) is 9.08. The Morgan fingerprint density at radius 1 is 1.29 bits per heavy atom. The summed E-state index contributed by atoms with van der Waals surface area (Å²) in [5.74, 6) is -1.21. The predicted molar refractivity (Wildman–Crippen MR) is 109 cm³/mol. The quantitative estimate of drug-likeness (QED) is 0.416. The van der Waals surface area contributed by atoms with Gasteiger partial charge in [-0.2, -0.15) is 0 Å². The molecule has 2 atom stereocenters. The van der Waals surface area contributed by atoms with Crippen molar-refractivity contribution in [3.8, 4) is 0 Å². The van der Waals surface area contributed by atoms with Crippen molar-refractivity contribution in [3.05, 3.63) is 69.9 Å². The van der Waals surface area contributed by atoms with E-state index in [1.54, 1.807) is 24.7 Å². The van der Waals surface area contributed by atoms with E-state index in [1.165, 1.54) is 17.7 Å². The minimum atomic E-state index is -0.444. The summed E-state index contributed by atoms with van der Waals surface area (Å²) in [5, 5.41) is 9.12. The van der Waals surface area contributed by atoms with Gasteiger partial charge in [-0.25, -0.2) is 9.87 Å². The molecule has 0 aliphatic rings. The standard InChI is InChI=1S/C21H26BrFN2O3/c1-25(14-15-4-3-5-18(22)12-15)11-10-17(21(26)24-27)13-20(28-2)16-6-8-19(23)9-7-16/h3-9,12,17,20,27H,10-11,13-14H2,1-2H3,(H,24,26). The Hall–Kier alpha value is -1.80. The predicted octanol–water partition coefficient (Wildman–Crippen LogP) is 4.31. The van der Waals surface area contributed by atoms with Crippen LogP contribution in [0, 0.1) is 11.7 Å². The molecular formula is C21H26BrFN2O3. The number of benzene rings is 2. The molecule has 0 radical (unpaired) electrons. The van der Waals surface area contributed by atoms with Crippen molar-refractivity contribution < 1.29 is 19.1 Å². The van der Waals surface area contributed by atoms with Gasteiger partial charge in [-0.1, -0.05) is 40.2 Å². The summed E-state index contributed by atoms with van der Waals surface area (Å²) in [5.41, 5.74) is 3.72. The average Bonchev–Trinajstić information content (AvgIpc) is 2.68. The van der Waals surface area contributed by atoms with Crippen molar-refractivity contribution in [1.82, 2.24) is 10.4 Å². The highest BCUT2D eigenvalue weighted by Gasteiger charge is 2.24. The largest absolute Gasteiger partial charge is 0.377 e. The summed E-state index contributed by atoms with van der Waals surface area (Å²) in [6.45, 7) is 1.42. The summed E-state index contributed by atoms with van der Waals surface area (Å²) in [6.07, 6.45) is 0.579. The molecule has 2 rings (SSSR count). The third-order valence-electron chi connectivity index (χ3n) is 4.71. The summed E-state index contributed by atoms with van der Waals surface area (Å²) in [7, 11) is 3.55. The number of carbonyl (C=O) groups excluding carboxylic acids is 1. The second kappa shape index (κ2) is 11.3. The van der Waals surface area contributed by atoms with Crippen LogP contribution in [0.2, 0.25) is 0 Å². The molecule has 0 bridgehead atoms. The molecule has 0 saturated carbocycles. The first kappa shape index (κ1) is 22.5. The van der Waals surface area contributed by atoms with Gasteiger partial charge in [0.1, 0.15) is 5.82 Å². The first-order chi connectivity index (χ1) is 13.4. The Labute approximate surface area is 173 Å². The van der Waals surface area contributed by atoms with E-state index < -0.39 is 11.8 Å². The SMILES string of the molecule is COC(CC(CCN(C)Cc1cccc(Br)c1)C(=O)NO)c1ccc(F)cc1. The molecule has 0 fully saturated rings. The molecule has 0 saturated heterocycles. The van der Waals surface area contributed by atoms with Gasteiger partial charge in [0.15, 0.2) is 0 Å². The zero-order valence-electron chi connectivity index (χ0n) is 16.1. The van der Waals surface area contributed by atoms with Gasteiger partial charge in [-0.05, 0) is 61.8 Å². The second-order valence-electron chi connectivity index (χ2n) is 6.84. The normalized spacial score (nSPS) is 13.4. The lowest BCUT2D eigenvalue weighted by molar-refractivity contribution is -0.135. The molecule has 1 amide bonds. The molecule has 2 aromatic carbocycles. The maximum atomic E-state index is 13.2.